The van der Waals surface area contributed by atoms with Crippen LogP contribution in [0.3, 0.4) is 0 Å². The van der Waals surface area contributed by atoms with E-state index in [1.807, 2.05) is 0 Å². The molecule has 0 spiro atoms. The number of aromatic nitrogens is 4. The highest BCUT2D eigenvalue weighted by Crippen LogP contribution is 2.08. The van der Waals surface area contributed by atoms with Crippen molar-refractivity contribution in [2.45, 2.75) is 99.2 Å². The molecular formula is C27H40N4O9. The summed E-state index contributed by atoms with van der Waals surface area (Å²) in [5.74, 6) is -1.20. The Hall–Kier alpha value is -3.74. The van der Waals surface area contributed by atoms with E-state index in [1.165, 1.54) is 12.4 Å². The third-order valence-electron chi connectivity index (χ3n) is 5.39. The summed E-state index contributed by atoms with van der Waals surface area (Å²) in [5.41, 5.74) is -3.12. The molecule has 0 fully saturated rings. The molecule has 0 aliphatic carbocycles. The first-order valence-electron chi connectivity index (χ1n) is 13.0. The first-order chi connectivity index (χ1) is 18.4. The van der Waals surface area contributed by atoms with Crippen LogP contribution in [0.1, 0.15) is 59.1 Å². The molecule has 0 amide bonds. The Balaban J connectivity index is 2.01. The SMILES string of the molecule is Cc1cn(CC(=O)OC(C)(C)C)c(=O)n(CCCOCCn2c(=O)c(C)cn(CC(=O)OC(C)(C)C)c2=O)c1=O. The van der Waals surface area contributed by atoms with E-state index in [0.29, 0.717) is 5.56 Å². The van der Waals surface area contributed by atoms with E-state index in [0.717, 1.165) is 18.3 Å². The van der Waals surface area contributed by atoms with Crippen molar-refractivity contribution in [2.24, 2.45) is 0 Å². The van der Waals surface area contributed by atoms with Gasteiger partial charge in [0.1, 0.15) is 24.3 Å². The van der Waals surface area contributed by atoms with Gasteiger partial charge in [-0.15, -0.1) is 0 Å². The van der Waals surface area contributed by atoms with Crippen molar-refractivity contribution in [3.8, 4) is 0 Å². The molecule has 40 heavy (non-hydrogen) atoms. The quantitative estimate of drug-likeness (QED) is 0.284. The minimum Gasteiger partial charge on any atom is -0.459 e. The molecule has 13 heteroatoms. The van der Waals surface area contributed by atoms with Gasteiger partial charge in [-0.3, -0.25) is 37.4 Å². The second-order valence-corrected chi connectivity index (χ2v) is 11.5. The summed E-state index contributed by atoms with van der Waals surface area (Å²) in [6, 6.07) is 0. The molecule has 2 aromatic heterocycles. The lowest BCUT2D eigenvalue weighted by atomic mass is 10.2. The van der Waals surface area contributed by atoms with Crippen molar-refractivity contribution in [2.75, 3.05) is 13.2 Å². The van der Waals surface area contributed by atoms with Crippen LogP contribution in [0, 0.1) is 13.8 Å². The highest BCUT2D eigenvalue weighted by Gasteiger charge is 2.20. The first-order valence-corrected chi connectivity index (χ1v) is 13.0. The number of aryl methyl sites for hydroxylation is 2. The smallest absolute Gasteiger partial charge is 0.331 e. The maximum absolute atomic E-state index is 12.8. The van der Waals surface area contributed by atoms with Crippen LogP contribution in [-0.4, -0.2) is 54.6 Å². The Morgan fingerprint density at radius 2 is 1.07 bits per heavy atom. The molecule has 222 valence electrons. The summed E-state index contributed by atoms with van der Waals surface area (Å²) < 4.78 is 20.4. The topological polar surface area (TPSA) is 150 Å². The van der Waals surface area contributed by atoms with Crippen LogP contribution in [0.5, 0.6) is 0 Å². The standard InChI is InChI=1S/C27H40N4O9/c1-18-14-28(16-20(32)39-26(3,4)5)24(36)30(22(18)34)10-9-12-38-13-11-31-23(35)19(2)15-29(25(31)37)17-21(33)40-27(6,7)8/h14-15H,9-13,16-17H2,1-8H3. The normalized spacial score (nSPS) is 11.9. The first kappa shape index (κ1) is 32.5. The molecule has 0 saturated heterocycles. The Morgan fingerprint density at radius 3 is 1.48 bits per heavy atom. The van der Waals surface area contributed by atoms with E-state index < -0.39 is 45.6 Å². The average Bonchev–Trinajstić information content (AvgIpc) is 2.79. The largest absolute Gasteiger partial charge is 0.459 e. The van der Waals surface area contributed by atoms with Crippen molar-refractivity contribution in [3.05, 3.63) is 65.2 Å². The second-order valence-electron chi connectivity index (χ2n) is 11.5. The fraction of sp³-hybridized carbons (Fsp3) is 0.630. The van der Waals surface area contributed by atoms with Crippen LogP contribution in [0.15, 0.2) is 31.6 Å². The average molecular weight is 565 g/mol. The summed E-state index contributed by atoms with van der Waals surface area (Å²) in [6.45, 7) is 12.9. The van der Waals surface area contributed by atoms with Gasteiger partial charge in [0, 0.05) is 36.7 Å². The summed E-state index contributed by atoms with van der Waals surface area (Å²) in [4.78, 5) is 75.0. The van der Waals surface area contributed by atoms with E-state index in [1.54, 1.807) is 55.4 Å². The van der Waals surface area contributed by atoms with Crippen molar-refractivity contribution in [1.82, 2.24) is 18.3 Å². The van der Waals surface area contributed by atoms with Gasteiger partial charge in [-0.2, -0.15) is 0 Å². The van der Waals surface area contributed by atoms with Gasteiger partial charge in [0.25, 0.3) is 11.1 Å². The summed E-state index contributed by atoms with van der Waals surface area (Å²) >= 11 is 0. The number of carbonyl (C=O) groups is 2. The monoisotopic (exact) mass is 564 g/mol. The Morgan fingerprint density at radius 1 is 0.675 bits per heavy atom. The Labute approximate surface area is 231 Å². The molecule has 0 atom stereocenters. The molecule has 0 N–H and O–H groups in total. The molecule has 0 saturated carbocycles. The van der Waals surface area contributed by atoms with Crippen LogP contribution in [0.25, 0.3) is 0 Å². The van der Waals surface area contributed by atoms with Gasteiger partial charge >= 0.3 is 23.3 Å². The zero-order valence-electron chi connectivity index (χ0n) is 24.6. The van der Waals surface area contributed by atoms with Crippen molar-refractivity contribution in [3.63, 3.8) is 0 Å². The summed E-state index contributed by atoms with van der Waals surface area (Å²) in [7, 11) is 0. The maximum Gasteiger partial charge on any atom is 0.331 e. The van der Waals surface area contributed by atoms with E-state index >= 15 is 0 Å². The molecule has 0 aliphatic rings. The van der Waals surface area contributed by atoms with Gasteiger partial charge in [0.15, 0.2) is 0 Å². The number of nitrogens with zero attached hydrogens (tertiary/aromatic N) is 4. The molecular weight excluding hydrogens is 524 g/mol. The minimum atomic E-state index is -0.715. The number of ether oxygens (including phenoxy) is 3. The molecule has 0 unspecified atom stereocenters. The lowest BCUT2D eigenvalue weighted by molar-refractivity contribution is -0.156. The Bertz CT molecular complexity index is 1350. The number of carbonyl (C=O) groups excluding carboxylic acids is 2. The molecule has 2 aromatic rings. The maximum atomic E-state index is 12.8. The number of hydrogen-bond acceptors (Lipinski definition) is 9. The van der Waals surface area contributed by atoms with E-state index in [2.05, 4.69) is 0 Å². The lowest BCUT2D eigenvalue weighted by Crippen LogP contribution is -2.43. The van der Waals surface area contributed by atoms with E-state index in [9.17, 15) is 28.8 Å². The minimum absolute atomic E-state index is 0.0105. The predicted molar refractivity (Wildman–Crippen MR) is 147 cm³/mol. The second kappa shape index (κ2) is 13.1. The molecule has 2 rings (SSSR count). The number of esters is 2. The van der Waals surface area contributed by atoms with Crippen LogP contribution in [0.4, 0.5) is 0 Å². The molecule has 0 bridgehead atoms. The summed E-state index contributed by atoms with van der Waals surface area (Å²) in [6.07, 6.45) is 2.94. The van der Waals surface area contributed by atoms with Crippen LogP contribution < -0.4 is 22.5 Å². The van der Waals surface area contributed by atoms with Gasteiger partial charge in [-0.05, 0) is 61.8 Å². The van der Waals surface area contributed by atoms with Gasteiger partial charge in [-0.1, -0.05) is 0 Å². The van der Waals surface area contributed by atoms with Gasteiger partial charge in [-0.25, -0.2) is 9.59 Å². The van der Waals surface area contributed by atoms with Gasteiger partial charge in [0.2, 0.25) is 0 Å². The fourth-order valence-corrected chi connectivity index (χ4v) is 3.83. The predicted octanol–water partition coefficient (Wildman–Crippen LogP) is 0.741. The zero-order chi connectivity index (χ0) is 30.4. The lowest BCUT2D eigenvalue weighted by Gasteiger charge is -2.20. The number of hydrogen-bond donors (Lipinski definition) is 0. The van der Waals surface area contributed by atoms with Crippen LogP contribution in [0.2, 0.25) is 0 Å². The zero-order valence-corrected chi connectivity index (χ0v) is 24.6. The summed E-state index contributed by atoms with van der Waals surface area (Å²) in [5, 5.41) is 0. The van der Waals surface area contributed by atoms with Gasteiger partial charge in [0.05, 0.1) is 13.2 Å². The number of rotatable bonds is 11. The molecule has 0 aromatic carbocycles. The third kappa shape index (κ3) is 9.47. The molecule has 0 aliphatic heterocycles. The highest BCUT2D eigenvalue weighted by atomic mass is 16.6. The van der Waals surface area contributed by atoms with E-state index in [4.69, 9.17) is 14.2 Å². The van der Waals surface area contributed by atoms with Crippen molar-refractivity contribution < 1.29 is 23.8 Å². The fourth-order valence-electron chi connectivity index (χ4n) is 3.83. The van der Waals surface area contributed by atoms with Crippen LogP contribution >= 0.6 is 0 Å². The van der Waals surface area contributed by atoms with Crippen molar-refractivity contribution in [1.29, 1.82) is 0 Å². The third-order valence-corrected chi connectivity index (χ3v) is 5.39. The van der Waals surface area contributed by atoms with Gasteiger partial charge < -0.3 is 14.2 Å². The molecule has 0 radical (unpaired) electrons. The highest BCUT2D eigenvalue weighted by molar-refractivity contribution is 5.70. The van der Waals surface area contributed by atoms with Crippen LogP contribution in [-0.2, 0) is 50.0 Å². The molecule has 2 heterocycles. The van der Waals surface area contributed by atoms with E-state index in [-0.39, 0.29) is 51.4 Å². The molecule has 13 nitrogen and oxygen atoms in total. The Kier molecular flexibility index (Phi) is 10.6. The van der Waals surface area contributed by atoms with Crippen molar-refractivity contribution >= 4 is 11.9 Å².